The molecule has 0 fully saturated rings. The van der Waals surface area contributed by atoms with Crippen molar-refractivity contribution in [2.75, 3.05) is 10.6 Å². The van der Waals surface area contributed by atoms with Crippen LogP contribution in [-0.4, -0.2) is 20.4 Å². The van der Waals surface area contributed by atoms with Crippen LogP contribution in [0.2, 0.25) is 0 Å². The van der Waals surface area contributed by atoms with Gasteiger partial charge in [-0.15, -0.1) is 0 Å². The smallest absolute Gasteiger partial charge is 0.247 e. The normalized spacial score (nSPS) is 10.9. The van der Waals surface area contributed by atoms with Crippen LogP contribution in [-0.2, 0) is 11.3 Å². The molecule has 0 saturated heterocycles. The summed E-state index contributed by atoms with van der Waals surface area (Å²) in [6.07, 6.45) is 4.86. The number of amides is 1. The number of carbonyl (C=O) groups excluding carboxylic acids is 1. The Morgan fingerprint density at radius 2 is 1.81 bits per heavy atom. The molecule has 32 heavy (non-hydrogen) atoms. The number of nitrogens with one attached hydrogen (secondary N) is 2. The van der Waals surface area contributed by atoms with Crippen LogP contribution in [0.15, 0.2) is 98.0 Å². The molecule has 0 radical (unpaired) electrons. The topological polar surface area (TPSA) is 71.8 Å². The Morgan fingerprint density at radius 1 is 0.969 bits per heavy atom. The van der Waals surface area contributed by atoms with E-state index in [1.165, 1.54) is 23.5 Å². The van der Waals surface area contributed by atoms with Gasteiger partial charge in [0.1, 0.15) is 12.1 Å². The molecular formula is C26H21N5O. The fourth-order valence-corrected chi connectivity index (χ4v) is 3.76. The van der Waals surface area contributed by atoms with E-state index in [1.807, 2.05) is 24.3 Å². The molecule has 0 aliphatic rings. The van der Waals surface area contributed by atoms with E-state index in [2.05, 4.69) is 86.5 Å². The monoisotopic (exact) mass is 419 g/mol. The first-order valence-electron chi connectivity index (χ1n) is 10.3. The zero-order valence-corrected chi connectivity index (χ0v) is 17.3. The summed E-state index contributed by atoms with van der Waals surface area (Å²) in [4.78, 5) is 20.3. The molecule has 156 valence electrons. The van der Waals surface area contributed by atoms with Gasteiger partial charge in [-0.3, -0.25) is 4.79 Å². The van der Waals surface area contributed by atoms with Crippen molar-refractivity contribution >= 4 is 44.9 Å². The van der Waals surface area contributed by atoms with Crippen molar-refractivity contribution in [1.82, 2.24) is 14.5 Å². The third-order valence-corrected chi connectivity index (χ3v) is 5.32. The Labute approximate surface area is 185 Å². The predicted molar refractivity (Wildman–Crippen MR) is 129 cm³/mol. The summed E-state index contributed by atoms with van der Waals surface area (Å²) in [5, 5.41) is 8.18. The summed E-state index contributed by atoms with van der Waals surface area (Å²) in [7, 11) is 0. The van der Waals surface area contributed by atoms with Crippen molar-refractivity contribution in [1.29, 1.82) is 0 Å². The molecule has 0 saturated carbocycles. The largest absolute Gasteiger partial charge is 0.343 e. The molecule has 1 amide bonds. The van der Waals surface area contributed by atoms with Crippen molar-refractivity contribution in [3.63, 3.8) is 0 Å². The second-order valence-electron chi connectivity index (χ2n) is 7.48. The molecule has 0 atom stereocenters. The minimum absolute atomic E-state index is 0.260. The number of benzene rings is 3. The quantitative estimate of drug-likeness (QED) is 0.357. The van der Waals surface area contributed by atoms with Crippen LogP contribution >= 0.6 is 0 Å². The summed E-state index contributed by atoms with van der Waals surface area (Å²) < 4.78 is 2.24. The van der Waals surface area contributed by atoms with Crippen LogP contribution in [0.5, 0.6) is 0 Å². The average Bonchev–Trinajstić information content (AvgIpc) is 3.21. The van der Waals surface area contributed by atoms with Crippen molar-refractivity contribution in [2.45, 2.75) is 6.54 Å². The van der Waals surface area contributed by atoms with E-state index in [0.29, 0.717) is 11.5 Å². The summed E-state index contributed by atoms with van der Waals surface area (Å²) in [5.41, 5.74) is 4.78. The van der Waals surface area contributed by atoms with Crippen LogP contribution < -0.4 is 10.6 Å². The minimum atomic E-state index is -0.260. The van der Waals surface area contributed by atoms with E-state index >= 15 is 0 Å². The molecule has 2 N–H and O–H groups in total. The van der Waals surface area contributed by atoms with Gasteiger partial charge in [0, 0.05) is 40.4 Å². The second-order valence-corrected chi connectivity index (χ2v) is 7.48. The second kappa shape index (κ2) is 8.35. The summed E-state index contributed by atoms with van der Waals surface area (Å²) in [6.45, 7) is 4.31. The van der Waals surface area contributed by atoms with Crippen LogP contribution in [0.25, 0.3) is 21.8 Å². The number of aromatic nitrogens is 3. The maximum Gasteiger partial charge on any atom is 0.247 e. The van der Waals surface area contributed by atoms with Crippen molar-refractivity contribution in [3.05, 3.63) is 104 Å². The fraction of sp³-hybridized carbons (Fsp3) is 0.0385. The molecule has 3 aromatic carbocycles. The molecular weight excluding hydrogens is 398 g/mol. The van der Waals surface area contributed by atoms with Crippen LogP contribution in [0.4, 0.5) is 17.2 Å². The number of hydrogen-bond donors (Lipinski definition) is 2. The van der Waals surface area contributed by atoms with Gasteiger partial charge < -0.3 is 15.2 Å². The molecule has 5 rings (SSSR count). The Morgan fingerprint density at radius 3 is 2.66 bits per heavy atom. The van der Waals surface area contributed by atoms with E-state index in [-0.39, 0.29) is 5.91 Å². The number of nitrogens with zero attached hydrogens (tertiary/aromatic N) is 3. The Balaban J connectivity index is 1.41. The molecule has 2 heterocycles. The molecule has 0 bridgehead atoms. The highest BCUT2D eigenvalue weighted by Gasteiger charge is 2.08. The first-order valence-corrected chi connectivity index (χ1v) is 10.3. The first kappa shape index (κ1) is 19.5. The molecule has 0 unspecified atom stereocenters. The van der Waals surface area contributed by atoms with E-state index in [1.54, 1.807) is 0 Å². The van der Waals surface area contributed by atoms with Gasteiger partial charge in [0.2, 0.25) is 5.91 Å². The van der Waals surface area contributed by atoms with Gasteiger partial charge >= 0.3 is 0 Å². The molecule has 6 heteroatoms. The van der Waals surface area contributed by atoms with Crippen LogP contribution in [0, 0.1) is 0 Å². The van der Waals surface area contributed by atoms with E-state index in [4.69, 9.17) is 0 Å². The lowest BCUT2D eigenvalue weighted by Crippen LogP contribution is -2.07. The molecule has 0 spiro atoms. The van der Waals surface area contributed by atoms with Crippen molar-refractivity contribution < 1.29 is 4.79 Å². The van der Waals surface area contributed by atoms with Gasteiger partial charge in [-0.2, -0.15) is 0 Å². The number of fused-ring (bicyclic) bond motifs is 2. The Hall–Kier alpha value is -4.45. The lowest BCUT2D eigenvalue weighted by molar-refractivity contribution is -0.111. The van der Waals surface area contributed by atoms with Crippen LogP contribution in [0.3, 0.4) is 0 Å². The average molecular weight is 419 g/mol. The van der Waals surface area contributed by atoms with Crippen molar-refractivity contribution in [3.8, 4) is 0 Å². The van der Waals surface area contributed by atoms with Gasteiger partial charge in [-0.05, 0) is 54.1 Å². The molecule has 2 aromatic heterocycles. The summed E-state index contributed by atoms with van der Waals surface area (Å²) >= 11 is 0. The zero-order chi connectivity index (χ0) is 21.9. The Bertz CT molecular complexity index is 1440. The van der Waals surface area contributed by atoms with Gasteiger partial charge in [0.25, 0.3) is 0 Å². The molecule has 6 nitrogen and oxygen atoms in total. The Kier molecular flexibility index (Phi) is 5.09. The van der Waals surface area contributed by atoms with Gasteiger partial charge in [0.05, 0.1) is 5.52 Å². The highest BCUT2D eigenvalue weighted by molar-refractivity contribution is 6.01. The zero-order valence-electron chi connectivity index (χ0n) is 17.3. The fourth-order valence-electron chi connectivity index (χ4n) is 3.76. The van der Waals surface area contributed by atoms with E-state index in [9.17, 15) is 4.79 Å². The highest BCUT2D eigenvalue weighted by atomic mass is 16.1. The minimum Gasteiger partial charge on any atom is -0.343 e. The summed E-state index contributed by atoms with van der Waals surface area (Å²) in [5.74, 6) is 0.448. The highest BCUT2D eigenvalue weighted by Crippen LogP contribution is 2.28. The van der Waals surface area contributed by atoms with Crippen molar-refractivity contribution in [2.24, 2.45) is 0 Å². The standard InChI is InChI=1S/C26H21N5O/c1-2-25(32)29-21-8-10-22-23(15-21)27-17-28-26(22)30-20-9-11-24-19(14-20)12-13-31(24)16-18-6-4-3-5-7-18/h2-15,17H,1,16H2,(H,29,32)(H,27,28,30). The third kappa shape index (κ3) is 3.94. The maximum absolute atomic E-state index is 11.6. The van der Waals surface area contributed by atoms with E-state index < -0.39 is 0 Å². The SMILES string of the molecule is C=CC(=O)Nc1ccc2c(Nc3ccc4c(ccn4Cc4ccccc4)c3)ncnc2c1. The molecule has 5 aromatic rings. The molecule has 0 aliphatic carbocycles. The van der Waals surface area contributed by atoms with Gasteiger partial charge in [-0.1, -0.05) is 36.9 Å². The summed E-state index contributed by atoms with van der Waals surface area (Å²) in [6, 6.07) is 24.4. The van der Waals surface area contributed by atoms with E-state index in [0.717, 1.165) is 28.5 Å². The first-order chi connectivity index (χ1) is 15.7. The number of anilines is 3. The number of rotatable bonds is 6. The lowest BCUT2D eigenvalue weighted by Gasteiger charge is -2.11. The maximum atomic E-state index is 11.6. The molecule has 0 aliphatic heterocycles. The number of carbonyl (C=O) groups is 1. The number of hydrogen-bond acceptors (Lipinski definition) is 4. The van der Waals surface area contributed by atoms with Crippen LogP contribution in [0.1, 0.15) is 5.56 Å². The van der Waals surface area contributed by atoms with Gasteiger partial charge in [-0.25, -0.2) is 9.97 Å². The van der Waals surface area contributed by atoms with Gasteiger partial charge in [0.15, 0.2) is 0 Å². The predicted octanol–water partition coefficient (Wildman–Crippen LogP) is 5.50. The third-order valence-electron chi connectivity index (χ3n) is 5.32. The lowest BCUT2D eigenvalue weighted by atomic mass is 10.2.